The lowest BCUT2D eigenvalue weighted by molar-refractivity contribution is -0.126. The quantitative estimate of drug-likeness (QED) is 0.894. The highest BCUT2D eigenvalue weighted by atomic mass is 16.5. The molecule has 2 saturated heterocycles. The molecule has 0 radical (unpaired) electrons. The zero-order chi connectivity index (χ0) is 16.6. The molecule has 1 atom stereocenters. The van der Waals surface area contributed by atoms with E-state index in [0.717, 1.165) is 12.8 Å². The third-order valence-electron chi connectivity index (χ3n) is 5.30. The summed E-state index contributed by atoms with van der Waals surface area (Å²) in [6.45, 7) is 5.92. The van der Waals surface area contributed by atoms with Gasteiger partial charge in [0.2, 0.25) is 5.91 Å². The number of methoxy groups -OCH3 is 1. The Morgan fingerprint density at radius 1 is 1.43 bits per heavy atom. The van der Waals surface area contributed by atoms with E-state index in [1.807, 2.05) is 4.90 Å². The molecule has 0 bridgehead atoms. The van der Waals surface area contributed by atoms with E-state index in [9.17, 15) is 9.59 Å². The average Bonchev–Trinajstić information content (AvgIpc) is 3.02. The van der Waals surface area contributed by atoms with Gasteiger partial charge in [0, 0.05) is 32.2 Å². The Morgan fingerprint density at radius 2 is 2.13 bits per heavy atom. The van der Waals surface area contributed by atoms with Crippen LogP contribution in [-0.4, -0.2) is 55.2 Å². The minimum Gasteiger partial charge on any atom is -0.384 e. The van der Waals surface area contributed by atoms with Crippen LogP contribution >= 0.6 is 0 Å². The van der Waals surface area contributed by atoms with Crippen LogP contribution in [0, 0.1) is 25.2 Å². The maximum absolute atomic E-state index is 12.7. The van der Waals surface area contributed by atoms with Crippen LogP contribution in [0.5, 0.6) is 0 Å². The van der Waals surface area contributed by atoms with E-state index in [4.69, 9.17) is 9.26 Å². The first-order valence-corrected chi connectivity index (χ1v) is 7.97. The zero-order valence-corrected chi connectivity index (χ0v) is 13.8. The number of likely N-dealkylation sites (tertiary alicyclic amines) is 1. The summed E-state index contributed by atoms with van der Waals surface area (Å²) >= 11 is 0. The second-order valence-electron chi connectivity index (χ2n) is 6.58. The summed E-state index contributed by atoms with van der Waals surface area (Å²) in [6.07, 6.45) is 1.60. The molecule has 7 heteroatoms. The molecule has 23 heavy (non-hydrogen) atoms. The fourth-order valence-corrected chi connectivity index (χ4v) is 3.83. The van der Waals surface area contributed by atoms with Gasteiger partial charge >= 0.3 is 0 Å². The van der Waals surface area contributed by atoms with E-state index in [-0.39, 0.29) is 23.1 Å². The topological polar surface area (TPSA) is 84.7 Å². The van der Waals surface area contributed by atoms with Gasteiger partial charge in [0.25, 0.3) is 5.91 Å². The molecule has 2 aliphatic rings. The highest BCUT2D eigenvalue weighted by Gasteiger charge is 2.50. The number of rotatable bonds is 3. The molecular weight excluding hydrogens is 298 g/mol. The van der Waals surface area contributed by atoms with Crippen LogP contribution in [0.1, 0.15) is 34.7 Å². The van der Waals surface area contributed by atoms with Crippen molar-refractivity contribution >= 4 is 11.8 Å². The molecular formula is C16H23N3O4. The number of aromatic nitrogens is 1. The van der Waals surface area contributed by atoms with Crippen molar-refractivity contribution in [2.45, 2.75) is 26.7 Å². The Kier molecular flexibility index (Phi) is 4.14. The molecule has 2 aliphatic heterocycles. The molecule has 3 heterocycles. The van der Waals surface area contributed by atoms with Gasteiger partial charge in [0.15, 0.2) is 0 Å². The van der Waals surface area contributed by atoms with Gasteiger partial charge in [-0.2, -0.15) is 0 Å². The maximum Gasteiger partial charge on any atom is 0.259 e. The van der Waals surface area contributed by atoms with Crippen LogP contribution < -0.4 is 5.32 Å². The summed E-state index contributed by atoms with van der Waals surface area (Å²) in [4.78, 5) is 26.6. The summed E-state index contributed by atoms with van der Waals surface area (Å²) in [5.74, 6) is 0.473. The van der Waals surface area contributed by atoms with Crippen molar-refractivity contribution in [1.82, 2.24) is 15.4 Å². The molecule has 0 aliphatic carbocycles. The monoisotopic (exact) mass is 321 g/mol. The molecule has 7 nitrogen and oxygen atoms in total. The van der Waals surface area contributed by atoms with Crippen molar-refractivity contribution in [1.29, 1.82) is 0 Å². The number of nitrogens with zero attached hydrogens (tertiary/aromatic N) is 2. The van der Waals surface area contributed by atoms with Crippen LogP contribution in [0.3, 0.4) is 0 Å². The Hall–Kier alpha value is -1.89. The van der Waals surface area contributed by atoms with E-state index in [0.29, 0.717) is 43.3 Å². The lowest BCUT2D eigenvalue weighted by Gasteiger charge is -2.41. The fraction of sp³-hybridized carbons (Fsp3) is 0.688. The van der Waals surface area contributed by atoms with Gasteiger partial charge in [-0.3, -0.25) is 9.59 Å². The number of piperidine rings is 1. The Labute approximate surface area is 135 Å². The zero-order valence-electron chi connectivity index (χ0n) is 13.8. The average molecular weight is 321 g/mol. The second kappa shape index (κ2) is 5.96. The first-order chi connectivity index (χ1) is 11.0. The summed E-state index contributed by atoms with van der Waals surface area (Å²) in [5.41, 5.74) is 1.10. The normalized spacial score (nSPS) is 23.3. The van der Waals surface area contributed by atoms with Gasteiger partial charge in [-0.25, -0.2) is 0 Å². The molecule has 3 rings (SSSR count). The standard InChI is InChI=1S/C16H23N3O4/c1-10-13(11(2)23-18-10)15(21)19-6-4-16(5-7-19)9-17-14(20)12(16)8-22-3/h12H,4-9H2,1-3H3,(H,17,20)/t12-/m0/s1. The van der Waals surface area contributed by atoms with Crippen LogP contribution in [0.4, 0.5) is 0 Å². The van der Waals surface area contributed by atoms with Gasteiger partial charge in [0.1, 0.15) is 11.3 Å². The summed E-state index contributed by atoms with van der Waals surface area (Å²) in [7, 11) is 1.62. The molecule has 1 spiro atoms. The van der Waals surface area contributed by atoms with Gasteiger partial charge in [-0.1, -0.05) is 5.16 Å². The second-order valence-corrected chi connectivity index (χ2v) is 6.58. The van der Waals surface area contributed by atoms with Gasteiger partial charge in [-0.05, 0) is 26.7 Å². The molecule has 1 N–H and O–H groups in total. The van der Waals surface area contributed by atoms with Crippen molar-refractivity contribution in [3.63, 3.8) is 0 Å². The number of hydrogen-bond acceptors (Lipinski definition) is 5. The van der Waals surface area contributed by atoms with E-state index in [1.165, 1.54) is 0 Å². The van der Waals surface area contributed by atoms with Crippen LogP contribution in [0.2, 0.25) is 0 Å². The number of ether oxygens (including phenoxy) is 1. The van der Waals surface area contributed by atoms with Gasteiger partial charge in [-0.15, -0.1) is 0 Å². The fourth-order valence-electron chi connectivity index (χ4n) is 3.83. The number of aryl methyl sites for hydroxylation is 2. The van der Waals surface area contributed by atoms with Crippen LogP contribution in [0.15, 0.2) is 4.52 Å². The van der Waals surface area contributed by atoms with Crippen molar-refractivity contribution in [2.75, 3.05) is 33.4 Å². The molecule has 126 valence electrons. The van der Waals surface area contributed by atoms with Crippen LogP contribution in [0.25, 0.3) is 0 Å². The van der Waals surface area contributed by atoms with Crippen molar-refractivity contribution < 1.29 is 18.8 Å². The number of hydrogen-bond donors (Lipinski definition) is 1. The van der Waals surface area contributed by atoms with Crippen LogP contribution in [-0.2, 0) is 9.53 Å². The largest absolute Gasteiger partial charge is 0.384 e. The van der Waals surface area contributed by atoms with E-state index in [2.05, 4.69) is 10.5 Å². The predicted molar refractivity (Wildman–Crippen MR) is 81.9 cm³/mol. The Balaban J connectivity index is 1.71. The van der Waals surface area contributed by atoms with Crippen molar-refractivity contribution in [2.24, 2.45) is 11.3 Å². The highest BCUT2D eigenvalue weighted by Crippen LogP contribution is 2.42. The first-order valence-electron chi connectivity index (χ1n) is 7.97. The van der Waals surface area contributed by atoms with Gasteiger partial charge in [0.05, 0.1) is 18.2 Å². The third kappa shape index (κ3) is 2.63. The third-order valence-corrected chi connectivity index (χ3v) is 5.30. The first kappa shape index (κ1) is 16.0. The lowest BCUT2D eigenvalue weighted by Crippen LogP contribution is -2.47. The number of nitrogens with one attached hydrogen (secondary N) is 1. The SMILES string of the molecule is COC[C@H]1C(=O)NCC12CCN(C(=O)c1c(C)noc1C)CC2. The van der Waals surface area contributed by atoms with Crippen molar-refractivity contribution in [3.8, 4) is 0 Å². The minimum atomic E-state index is -0.121. The molecule has 0 unspecified atom stereocenters. The molecule has 1 aromatic heterocycles. The molecule has 2 fully saturated rings. The molecule has 0 aromatic carbocycles. The van der Waals surface area contributed by atoms with Gasteiger partial charge < -0.3 is 19.5 Å². The maximum atomic E-state index is 12.7. The number of amides is 2. The Bertz CT molecular complexity index is 597. The molecule has 0 saturated carbocycles. The summed E-state index contributed by atoms with van der Waals surface area (Å²) in [6, 6.07) is 0. The van der Waals surface area contributed by atoms with E-state index < -0.39 is 0 Å². The van der Waals surface area contributed by atoms with E-state index in [1.54, 1.807) is 21.0 Å². The Morgan fingerprint density at radius 3 is 2.70 bits per heavy atom. The summed E-state index contributed by atoms with van der Waals surface area (Å²) < 4.78 is 10.3. The molecule has 1 aromatic rings. The summed E-state index contributed by atoms with van der Waals surface area (Å²) in [5, 5.41) is 6.81. The molecule has 2 amide bonds. The smallest absolute Gasteiger partial charge is 0.259 e. The van der Waals surface area contributed by atoms with Crippen molar-refractivity contribution in [3.05, 3.63) is 17.0 Å². The highest BCUT2D eigenvalue weighted by molar-refractivity contribution is 5.96. The number of carbonyl (C=O) groups excluding carboxylic acids is 2. The number of carbonyl (C=O) groups is 2. The lowest BCUT2D eigenvalue weighted by atomic mass is 9.71. The predicted octanol–water partition coefficient (Wildman–Crippen LogP) is 0.906. The van der Waals surface area contributed by atoms with E-state index >= 15 is 0 Å². The minimum absolute atomic E-state index is 0.0309.